The number of hydrogen-bond donors (Lipinski definition) is 1. The number of carbonyl (C=O) groups is 1. The Hall–Kier alpha value is -2.30. The molecule has 0 atom stereocenters. The lowest BCUT2D eigenvalue weighted by molar-refractivity contribution is -0.141. The molecule has 1 aliphatic carbocycles. The second-order valence-electron chi connectivity index (χ2n) is 6.18. The van der Waals surface area contributed by atoms with Crippen LogP contribution in [0.3, 0.4) is 0 Å². The lowest BCUT2D eigenvalue weighted by atomic mass is 10.2. The van der Waals surface area contributed by atoms with Crippen molar-refractivity contribution in [3.8, 4) is 0 Å². The van der Waals surface area contributed by atoms with E-state index in [0.29, 0.717) is 12.8 Å². The van der Waals surface area contributed by atoms with Crippen LogP contribution in [0.1, 0.15) is 36.6 Å². The maximum absolute atomic E-state index is 13.6. The minimum atomic E-state index is -4.79. The smallest absolute Gasteiger partial charge is 0.321 e. The SMILES string of the molecule is O=C(CCn1nc(C(F)(F)F)c(Cl)c1C1CC1)Nc1c(F)c(F)cc(F)c1F. The molecule has 4 nitrogen and oxygen atoms in total. The Kier molecular flexibility index (Phi) is 5.30. The largest absolute Gasteiger partial charge is 0.436 e. The molecule has 0 aliphatic heterocycles. The number of nitrogens with one attached hydrogen (secondary N) is 1. The number of carbonyl (C=O) groups excluding carboxylic acids is 1. The Balaban J connectivity index is 1.78. The maximum Gasteiger partial charge on any atom is 0.436 e. The molecule has 2 aromatic rings. The van der Waals surface area contributed by atoms with Gasteiger partial charge in [0.05, 0.1) is 17.3 Å². The number of rotatable bonds is 5. The van der Waals surface area contributed by atoms with Gasteiger partial charge in [0.2, 0.25) is 5.91 Å². The van der Waals surface area contributed by atoms with Gasteiger partial charge in [0, 0.05) is 18.4 Å². The summed E-state index contributed by atoms with van der Waals surface area (Å²) in [6, 6.07) is -0.0212. The maximum atomic E-state index is 13.6. The average Bonchev–Trinajstić information content (AvgIpc) is 3.37. The minimum Gasteiger partial charge on any atom is -0.321 e. The predicted octanol–water partition coefficient (Wildman–Crippen LogP) is 5.02. The van der Waals surface area contributed by atoms with Gasteiger partial charge in [-0.3, -0.25) is 9.48 Å². The fourth-order valence-electron chi connectivity index (χ4n) is 2.64. The van der Waals surface area contributed by atoms with Crippen LogP contribution in [0.4, 0.5) is 36.4 Å². The number of aryl methyl sites for hydroxylation is 1. The van der Waals surface area contributed by atoms with Gasteiger partial charge in [-0.25, -0.2) is 17.6 Å². The van der Waals surface area contributed by atoms with Crippen molar-refractivity contribution in [3.05, 3.63) is 45.7 Å². The van der Waals surface area contributed by atoms with E-state index < -0.39 is 58.2 Å². The van der Waals surface area contributed by atoms with Crippen LogP contribution in [-0.4, -0.2) is 15.7 Å². The van der Waals surface area contributed by atoms with Crippen LogP contribution in [0.5, 0.6) is 0 Å². The summed E-state index contributed by atoms with van der Waals surface area (Å²) >= 11 is 5.78. The molecule has 152 valence electrons. The highest BCUT2D eigenvalue weighted by Crippen LogP contribution is 2.46. The van der Waals surface area contributed by atoms with Crippen molar-refractivity contribution in [2.24, 2.45) is 0 Å². The summed E-state index contributed by atoms with van der Waals surface area (Å²) in [7, 11) is 0. The summed E-state index contributed by atoms with van der Waals surface area (Å²) in [6.45, 7) is -0.380. The van der Waals surface area contributed by atoms with Gasteiger partial charge in [-0.2, -0.15) is 18.3 Å². The minimum absolute atomic E-state index is 0.0212. The van der Waals surface area contributed by atoms with Crippen molar-refractivity contribution < 1.29 is 35.5 Å². The van der Waals surface area contributed by atoms with E-state index in [9.17, 15) is 35.5 Å². The topological polar surface area (TPSA) is 46.9 Å². The number of nitrogens with zero attached hydrogens (tertiary/aromatic N) is 2. The van der Waals surface area contributed by atoms with Crippen LogP contribution >= 0.6 is 11.6 Å². The molecule has 1 aromatic carbocycles. The molecular formula is C16H11ClF7N3O. The molecule has 1 amide bonds. The number of alkyl halides is 3. The third-order valence-electron chi connectivity index (χ3n) is 4.09. The molecule has 0 bridgehead atoms. The first kappa shape index (κ1) is 20.4. The Labute approximate surface area is 158 Å². The molecule has 3 rings (SSSR count). The number of aromatic nitrogens is 2. The van der Waals surface area contributed by atoms with E-state index in [4.69, 9.17) is 11.6 Å². The fourth-order valence-corrected chi connectivity index (χ4v) is 3.04. The Morgan fingerprint density at radius 3 is 2.25 bits per heavy atom. The van der Waals surface area contributed by atoms with Crippen molar-refractivity contribution in [2.45, 2.75) is 37.9 Å². The van der Waals surface area contributed by atoms with Gasteiger partial charge in [0.15, 0.2) is 29.0 Å². The van der Waals surface area contributed by atoms with Crippen molar-refractivity contribution in [1.82, 2.24) is 9.78 Å². The molecule has 1 heterocycles. The third-order valence-corrected chi connectivity index (χ3v) is 4.46. The molecule has 0 unspecified atom stereocenters. The van der Waals surface area contributed by atoms with Crippen molar-refractivity contribution in [3.63, 3.8) is 0 Å². The number of benzene rings is 1. The number of anilines is 1. The van der Waals surface area contributed by atoms with Gasteiger partial charge in [-0.05, 0) is 12.8 Å². The highest BCUT2D eigenvalue weighted by molar-refractivity contribution is 6.32. The lowest BCUT2D eigenvalue weighted by Crippen LogP contribution is -2.19. The molecule has 1 N–H and O–H groups in total. The summed E-state index contributed by atoms with van der Waals surface area (Å²) in [5, 5.41) is 4.52. The van der Waals surface area contributed by atoms with Crippen LogP contribution < -0.4 is 5.32 Å². The molecular weight excluding hydrogens is 419 g/mol. The summed E-state index contributed by atoms with van der Waals surface area (Å²) in [5.74, 6) is -8.33. The molecule has 0 spiro atoms. The Morgan fingerprint density at radius 2 is 1.75 bits per heavy atom. The van der Waals surface area contributed by atoms with E-state index >= 15 is 0 Å². The first-order valence-corrected chi connectivity index (χ1v) is 8.34. The molecule has 12 heteroatoms. The Morgan fingerprint density at radius 1 is 1.18 bits per heavy atom. The van der Waals surface area contributed by atoms with Gasteiger partial charge in [0.1, 0.15) is 5.69 Å². The standard InChI is InChI=1S/C16H11ClF7N3O/c17-10-14(6-1-2-6)27(26-15(10)16(22,23)24)4-3-9(28)25-13-11(20)7(18)5-8(19)12(13)21/h5-6H,1-4H2,(H,25,28). The monoisotopic (exact) mass is 429 g/mol. The second-order valence-corrected chi connectivity index (χ2v) is 6.56. The molecule has 1 aliphatic rings. The van der Waals surface area contributed by atoms with E-state index in [1.165, 1.54) is 0 Å². The molecule has 1 fully saturated rings. The van der Waals surface area contributed by atoms with E-state index in [1.54, 1.807) is 5.32 Å². The van der Waals surface area contributed by atoms with E-state index in [2.05, 4.69) is 5.10 Å². The number of amides is 1. The summed E-state index contributed by atoms with van der Waals surface area (Å²) < 4.78 is 93.3. The van der Waals surface area contributed by atoms with Crippen LogP contribution in [0.2, 0.25) is 5.02 Å². The zero-order valence-electron chi connectivity index (χ0n) is 13.8. The quantitative estimate of drug-likeness (QED) is 0.536. The van der Waals surface area contributed by atoms with Gasteiger partial charge in [-0.1, -0.05) is 11.6 Å². The van der Waals surface area contributed by atoms with E-state index in [-0.39, 0.29) is 24.2 Å². The predicted molar refractivity (Wildman–Crippen MR) is 83.7 cm³/mol. The second kappa shape index (κ2) is 7.26. The fraction of sp³-hybridized carbons (Fsp3) is 0.375. The van der Waals surface area contributed by atoms with Gasteiger partial charge in [0.25, 0.3) is 0 Å². The first-order valence-electron chi connectivity index (χ1n) is 7.97. The van der Waals surface area contributed by atoms with Crippen LogP contribution in [0, 0.1) is 23.3 Å². The lowest BCUT2D eigenvalue weighted by Gasteiger charge is -2.10. The van der Waals surface area contributed by atoms with Crippen LogP contribution in [0.25, 0.3) is 0 Å². The van der Waals surface area contributed by atoms with Crippen LogP contribution in [-0.2, 0) is 17.5 Å². The zero-order chi connectivity index (χ0) is 20.8. The number of halogens is 8. The van der Waals surface area contributed by atoms with Crippen molar-refractivity contribution in [1.29, 1.82) is 0 Å². The van der Waals surface area contributed by atoms with Gasteiger partial charge >= 0.3 is 6.18 Å². The Bertz CT molecular complexity index is 911. The van der Waals surface area contributed by atoms with Crippen molar-refractivity contribution in [2.75, 3.05) is 5.32 Å². The number of hydrogen-bond acceptors (Lipinski definition) is 2. The highest BCUT2D eigenvalue weighted by Gasteiger charge is 2.42. The van der Waals surface area contributed by atoms with E-state index in [0.717, 1.165) is 4.68 Å². The summed E-state index contributed by atoms with van der Waals surface area (Å²) in [6.07, 6.45) is -4.15. The van der Waals surface area contributed by atoms with E-state index in [1.807, 2.05) is 0 Å². The average molecular weight is 430 g/mol. The summed E-state index contributed by atoms with van der Waals surface area (Å²) in [5.41, 5.74) is -2.49. The normalized spacial score (nSPS) is 14.4. The molecule has 1 aromatic heterocycles. The molecule has 0 radical (unpaired) electrons. The third kappa shape index (κ3) is 3.94. The van der Waals surface area contributed by atoms with Crippen molar-refractivity contribution >= 4 is 23.2 Å². The first-order chi connectivity index (χ1) is 13.0. The molecule has 0 saturated heterocycles. The van der Waals surface area contributed by atoms with Gasteiger partial charge < -0.3 is 5.32 Å². The van der Waals surface area contributed by atoms with Gasteiger partial charge in [-0.15, -0.1) is 0 Å². The highest BCUT2D eigenvalue weighted by atomic mass is 35.5. The molecule has 28 heavy (non-hydrogen) atoms. The van der Waals surface area contributed by atoms with Crippen LogP contribution in [0.15, 0.2) is 6.07 Å². The zero-order valence-corrected chi connectivity index (χ0v) is 14.6. The summed E-state index contributed by atoms with van der Waals surface area (Å²) in [4.78, 5) is 11.9. The molecule has 1 saturated carbocycles.